The van der Waals surface area contributed by atoms with Crippen molar-refractivity contribution >= 4 is 5.91 Å². The molecule has 0 aromatic heterocycles. The summed E-state index contributed by atoms with van der Waals surface area (Å²) in [6.45, 7) is 1.83. The second kappa shape index (κ2) is 4.65. The summed E-state index contributed by atoms with van der Waals surface area (Å²) in [5, 5.41) is 0. The van der Waals surface area contributed by atoms with Crippen LogP contribution in [0.2, 0.25) is 0 Å². The predicted molar refractivity (Wildman–Crippen MR) is 55.1 cm³/mol. The van der Waals surface area contributed by atoms with Crippen molar-refractivity contribution < 1.29 is 9.53 Å². The molecule has 0 aliphatic rings. The standard InChI is InChI=1S/C11H15NO2/c1-8(11(12)13)7-9-3-5-10(14-2)6-4-9/h3-6,8H,7H2,1-2H3,(H2,12,13)/t8-/m0/s1. The van der Waals surface area contributed by atoms with E-state index in [1.807, 2.05) is 31.2 Å². The molecule has 1 aromatic carbocycles. The Morgan fingerprint density at radius 3 is 2.43 bits per heavy atom. The van der Waals surface area contributed by atoms with Gasteiger partial charge in [-0.15, -0.1) is 0 Å². The Morgan fingerprint density at radius 1 is 1.43 bits per heavy atom. The average molecular weight is 193 g/mol. The number of hydrogen-bond acceptors (Lipinski definition) is 2. The van der Waals surface area contributed by atoms with Crippen LogP contribution in [0.5, 0.6) is 5.75 Å². The number of primary amides is 1. The minimum Gasteiger partial charge on any atom is -0.497 e. The summed E-state index contributed by atoms with van der Waals surface area (Å²) in [5.41, 5.74) is 6.27. The SMILES string of the molecule is COc1ccc(C[C@H](C)C(N)=O)cc1. The van der Waals surface area contributed by atoms with Crippen LogP contribution in [0.4, 0.5) is 0 Å². The molecule has 14 heavy (non-hydrogen) atoms. The Bertz CT molecular complexity index is 306. The Balaban J connectivity index is 2.64. The summed E-state index contributed by atoms with van der Waals surface area (Å²) in [5.74, 6) is 0.435. The number of methoxy groups -OCH3 is 1. The van der Waals surface area contributed by atoms with Crippen LogP contribution in [0.15, 0.2) is 24.3 Å². The topological polar surface area (TPSA) is 52.3 Å². The van der Waals surface area contributed by atoms with E-state index >= 15 is 0 Å². The van der Waals surface area contributed by atoms with Crippen molar-refractivity contribution in [2.75, 3.05) is 7.11 Å². The maximum absolute atomic E-state index is 10.8. The van der Waals surface area contributed by atoms with E-state index in [1.165, 1.54) is 0 Å². The minimum absolute atomic E-state index is 0.122. The van der Waals surface area contributed by atoms with E-state index in [0.717, 1.165) is 11.3 Å². The lowest BCUT2D eigenvalue weighted by Gasteiger charge is -2.07. The van der Waals surface area contributed by atoms with Gasteiger partial charge in [0.2, 0.25) is 5.91 Å². The normalized spacial score (nSPS) is 12.1. The van der Waals surface area contributed by atoms with Crippen molar-refractivity contribution in [1.82, 2.24) is 0 Å². The van der Waals surface area contributed by atoms with Crippen molar-refractivity contribution in [3.05, 3.63) is 29.8 Å². The molecular weight excluding hydrogens is 178 g/mol. The van der Waals surface area contributed by atoms with E-state index in [-0.39, 0.29) is 11.8 Å². The van der Waals surface area contributed by atoms with Crippen LogP contribution in [-0.2, 0) is 11.2 Å². The first-order valence-electron chi connectivity index (χ1n) is 4.55. The zero-order valence-electron chi connectivity index (χ0n) is 8.49. The van der Waals surface area contributed by atoms with Gasteiger partial charge in [0.05, 0.1) is 7.11 Å². The molecule has 0 spiro atoms. The van der Waals surface area contributed by atoms with E-state index < -0.39 is 0 Å². The summed E-state index contributed by atoms with van der Waals surface area (Å²) in [4.78, 5) is 10.8. The molecule has 0 radical (unpaired) electrons. The highest BCUT2D eigenvalue weighted by Crippen LogP contribution is 2.14. The van der Waals surface area contributed by atoms with Crippen LogP contribution in [-0.4, -0.2) is 13.0 Å². The number of hydrogen-bond donors (Lipinski definition) is 1. The van der Waals surface area contributed by atoms with Crippen LogP contribution < -0.4 is 10.5 Å². The first kappa shape index (κ1) is 10.6. The van der Waals surface area contributed by atoms with Gasteiger partial charge in [0, 0.05) is 5.92 Å². The Labute approximate surface area is 83.9 Å². The highest BCUT2D eigenvalue weighted by atomic mass is 16.5. The van der Waals surface area contributed by atoms with Gasteiger partial charge in [-0.25, -0.2) is 0 Å². The number of nitrogens with two attached hydrogens (primary N) is 1. The van der Waals surface area contributed by atoms with E-state index in [1.54, 1.807) is 7.11 Å². The van der Waals surface area contributed by atoms with E-state index in [4.69, 9.17) is 10.5 Å². The highest BCUT2D eigenvalue weighted by molar-refractivity contribution is 5.76. The minimum atomic E-state index is -0.263. The van der Waals surface area contributed by atoms with Crippen LogP contribution in [0, 0.1) is 5.92 Å². The van der Waals surface area contributed by atoms with Gasteiger partial charge in [0.25, 0.3) is 0 Å². The van der Waals surface area contributed by atoms with Gasteiger partial charge in [-0.2, -0.15) is 0 Å². The third-order valence-corrected chi connectivity index (χ3v) is 2.19. The summed E-state index contributed by atoms with van der Waals surface area (Å²) in [6, 6.07) is 7.64. The summed E-state index contributed by atoms with van der Waals surface area (Å²) < 4.78 is 5.03. The van der Waals surface area contributed by atoms with Gasteiger partial charge < -0.3 is 10.5 Å². The number of amides is 1. The predicted octanol–water partition coefficient (Wildman–Crippen LogP) is 1.36. The Hall–Kier alpha value is -1.51. The molecular formula is C11H15NO2. The lowest BCUT2D eigenvalue weighted by molar-refractivity contribution is -0.121. The van der Waals surface area contributed by atoms with Gasteiger partial charge in [0.15, 0.2) is 0 Å². The van der Waals surface area contributed by atoms with Gasteiger partial charge in [-0.05, 0) is 24.1 Å². The number of ether oxygens (including phenoxy) is 1. The molecule has 0 bridgehead atoms. The molecule has 0 aliphatic carbocycles. The first-order valence-corrected chi connectivity index (χ1v) is 4.55. The van der Waals surface area contributed by atoms with Crippen molar-refractivity contribution in [3.63, 3.8) is 0 Å². The molecule has 2 N–H and O–H groups in total. The van der Waals surface area contributed by atoms with Crippen molar-refractivity contribution in [3.8, 4) is 5.75 Å². The lowest BCUT2D eigenvalue weighted by Crippen LogP contribution is -2.22. The fraction of sp³-hybridized carbons (Fsp3) is 0.364. The van der Waals surface area contributed by atoms with Gasteiger partial charge in [0.1, 0.15) is 5.75 Å². The van der Waals surface area contributed by atoms with Crippen LogP contribution >= 0.6 is 0 Å². The first-order chi connectivity index (χ1) is 6.63. The van der Waals surface area contributed by atoms with Gasteiger partial charge >= 0.3 is 0 Å². The quantitative estimate of drug-likeness (QED) is 0.785. The number of carbonyl (C=O) groups is 1. The van der Waals surface area contributed by atoms with Gasteiger partial charge in [-0.3, -0.25) is 4.79 Å². The Kier molecular flexibility index (Phi) is 3.51. The molecule has 0 aliphatic heterocycles. The molecule has 0 saturated carbocycles. The second-order valence-electron chi connectivity index (χ2n) is 3.36. The van der Waals surface area contributed by atoms with Crippen LogP contribution in [0.1, 0.15) is 12.5 Å². The summed E-state index contributed by atoms with van der Waals surface area (Å²) in [6.07, 6.45) is 0.680. The zero-order chi connectivity index (χ0) is 10.6. The molecule has 3 nitrogen and oxygen atoms in total. The van der Waals surface area contributed by atoms with Crippen molar-refractivity contribution in [2.24, 2.45) is 11.7 Å². The number of carbonyl (C=O) groups excluding carboxylic acids is 1. The van der Waals surface area contributed by atoms with Gasteiger partial charge in [-0.1, -0.05) is 19.1 Å². The van der Waals surface area contributed by atoms with Crippen molar-refractivity contribution in [2.45, 2.75) is 13.3 Å². The molecule has 0 unspecified atom stereocenters. The fourth-order valence-corrected chi connectivity index (χ4v) is 1.22. The third-order valence-electron chi connectivity index (χ3n) is 2.19. The summed E-state index contributed by atoms with van der Waals surface area (Å²) >= 11 is 0. The largest absolute Gasteiger partial charge is 0.497 e. The average Bonchev–Trinajstić information content (AvgIpc) is 2.19. The third kappa shape index (κ3) is 2.76. The molecule has 1 aromatic rings. The molecule has 0 saturated heterocycles. The molecule has 76 valence electrons. The monoisotopic (exact) mass is 193 g/mol. The molecule has 1 amide bonds. The number of rotatable bonds is 4. The maximum atomic E-state index is 10.8. The molecule has 3 heteroatoms. The number of benzene rings is 1. The van der Waals surface area contributed by atoms with Crippen LogP contribution in [0.3, 0.4) is 0 Å². The molecule has 1 rings (SSSR count). The van der Waals surface area contributed by atoms with Crippen LogP contribution in [0.25, 0.3) is 0 Å². The smallest absolute Gasteiger partial charge is 0.220 e. The highest BCUT2D eigenvalue weighted by Gasteiger charge is 2.08. The molecule has 1 atom stereocenters. The van der Waals surface area contributed by atoms with E-state index in [0.29, 0.717) is 6.42 Å². The van der Waals surface area contributed by atoms with E-state index in [9.17, 15) is 4.79 Å². The van der Waals surface area contributed by atoms with E-state index in [2.05, 4.69) is 0 Å². The zero-order valence-corrected chi connectivity index (χ0v) is 8.49. The second-order valence-corrected chi connectivity index (χ2v) is 3.36. The Morgan fingerprint density at radius 2 is 2.00 bits per heavy atom. The fourth-order valence-electron chi connectivity index (χ4n) is 1.22. The molecule has 0 fully saturated rings. The summed E-state index contributed by atoms with van der Waals surface area (Å²) in [7, 11) is 1.63. The van der Waals surface area contributed by atoms with Crippen molar-refractivity contribution in [1.29, 1.82) is 0 Å². The maximum Gasteiger partial charge on any atom is 0.220 e. The lowest BCUT2D eigenvalue weighted by atomic mass is 10.0. The molecule has 0 heterocycles.